The molecule has 0 bridgehead atoms. The van der Waals surface area contributed by atoms with Crippen LogP contribution in [0.5, 0.6) is 0 Å². The predicted molar refractivity (Wildman–Crippen MR) is 63.2 cm³/mol. The number of nitrogens with zero attached hydrogens (tertiary/aromatic N) is 1. The minimum absolute atomic E-state index is 0.181. The summed E-state index contributed by atoms with van der Waals surface area (Å²) in [7, 11) is 0. The largest absolute Gasteiger partial charge is 0.300 e. The summed E-state index contributed by atoms with van der Waals surface area (Å²) in [6.45, 7) is 7.29. The number of benzene rings is 1. The van der Waals surface area contributed by atoms with E-state index in [9.17, 15) is 4.39 Å². The maximum absolute atomic E-state index is 12.8. The monoisotopic (exact) mass is 207 g/mol. The molecule has 2 heteroatoms. The summed E-state index contributed by atoms with van der Waals surface area (Å²) in [5, 5.41) is 0. The minimum atomic E-state index is -0.181. The lowest BCUT2D eigenvalue weighted by Gasteiger charge is -2.14. The Bertz CT molecular complexity index is 316. The molecular weight excluding hydrogens is 189 g/mol. The number of hydrogen-bond donors (Lipinski definition) is 0. The van der Waals surface area contributed by atoms with Crippen LogP contribution in [-0.4, -0.2) is 24.5 Å². The first kappa shape index (κ1) is 11.9. The van der Waals surface area contributed by atoms with E-state index in [4.69, 9.17) is 0 Å². The molecule has 0 saturated heterocycles. The van der Waals surface area contributed by atoms with Crippen LogP contribution in [0.2, 0.25) is 0 Å². The molecular formula is C13H18FN. The van der Waals surface area contributed by atoms with E-state index >= 15 is 0 Å². The first-order valence-electron chi connectivity index (χ1n) is 5.40. The second-order valence-corrected chi connectivity index (χ2v) is 3.44. The van der Waals surface area contributed by atoms with Crippen LogP contribution in [0.4, 0.5) is 4.39 Å². The maximum Gasteiger partial charge on any atom is 0.123 e. The molecule has 82 valence electrons. The molecule has 0 aliphatic carbocycles. The highest BCUT2D eigenvalue weighted by Gasteiger charge is 1.94. The average molecular weight is 207 g/mol. The van der Waals surface area contributed by atoms with Crippen molar-refractivity contribution in [2.45, 2.75) is 13.8 Å². The molecule has 0 heterocycles. The van der Waals surface area contributed by atoms with Gasteiger partial charge in [0, 0.05) is 6.54 Å². The van der Waals surface area contributed by atoms with Crippen molar-refractivity contribution in [3.05, 3.63) is 41.7 Å². The lowest BCUT2D eigenvalue weighted by Crippen LogP contribution is -2.22. The molecule has 0 saturated carbocycles. The highest BCUT2D eigenvalue weighted by Crippen LogP contribution is 2.05. The summed E-state index contributed by atoms with van der Waals surface area (Å²) in [6, 6.07) is 6.63. The van der Waals surface area contributed by atoms with Crippen LogP contribution in [0.25, 0.3) is 6.08 Å². The topological polar surface area (TPSA) is 3.24 Å². The van der Waals surface area contributed by atoms with Gasteiger partial charge >= 0.3 is 0 Å². The van der Waals surface area contributed by atoms with E-state index in [1.54, 1.807) is 12.1 Å². The van der Waals surface area contributed by atoms with Crippen LogP contribution in [0.1, 0.15) is 19.4 Å². The number of hydrogen-bond acceptors (Lipinski definition) is 1. The highest BCUT2D eigenvalue weighted by molar-refractivity contribution is 5.49. The second kappa shape index (κ2) is 6.36. The van der Waals surface area contributed by atoms with Gasteiger partial charge in [-0.05, 0) is 30.8 Å². The summed E-state index contributed by atoms with van der Waals surface area (Å²) in [5.74, 6) is -0.181. The molecule has 1 aromatic carbocycles. The third-order valence-electron chi connectivity index (χ3n) is 2.42. The molecule has 0 aromatic heterocycles. The van der Waals surface area contributed by atoms with Gasteiger partial charge in [0.1, 0.15) is 5.82 Å². The Morgan fingerprint density at radius 2 is 2.00 bits per heavy atom. The van der Waals surface area contributed by atoms with Gasteiger partial charge in [-0.2, -0.15) is 0 Å². The molecule has 0 atom stereocenters. The van der Waals surface area contributed by atoms with Crippen molar-refractivity contribution >= 4 is 6.08 Å². The Labute approximate surface area is 91.2 Å². The van der Waals surface area contributed by atoms with Crippen molar-refractivity contribution in [1.82, 2.24) is 4.90 Å². The molecule has 0 amide bonds. The molecule has 1 nitrogen and oxygen atoms in total. The number of rotatable bonds is 5. The first-order valence-corrected chi connectivity index (χ1v) is 5.40. The first-order chi connectivity index (χ1) is 7.26. The lowest BCUT2D eigenvalue weighted by atomic mass is 10.2. The second-order valence-electron chi connectivity index (χ2n) is 3.44. The van der Waals surface area contributed by atoms with Crippen molar-refractivity contribution in [3.8, 4) is 0 Å². The predicted octanol–water partition coefficient (Wildman–Crippen LogP) is 3.18. The van der Waals surface area contributed by atoms with E-state index in [0.29, 0.717) is 0 Å². The smallest absolute Gasteiger partial charge is 0.123 e. The normalized spacial score (nSPS) is 11.5. The van der Waals surface area contributed by atoms with Crippen molar-refractivity contribution in [2.75, 3.05) is 19.6 Å². The van der Waals surface area contributed by atoms with Crippen molar-refractivity contribution in [2.24, 2.45) is 0 Å². The van der Waals surface area contributed by atoms with Gasteiger partial charge in [-0.1, -0.05) is 38.1 Å². The highest BCUT2D eigenvalue weighted by atomic mass is 19.1. The molecule has 1 aromatic rings. The van der Waals surface area contributed by atoms with Crippen LogP contribution in [0, 0.1) is 5.82 Å². The lowest BCUT2D eigenvalue weighted by molar-refractivity contribution is 0.338. The SMILES string of the molecule is CCN(CC)C/C=C/c1cccc(F)c1. The van der Waals surface area contributed by atoms with E-state index in [0.717, 1.165) is 25.2 Å². The zero-order valence-corrected chi connectivity index (χ0v) is 9.41. The molecule has 0 aliphatic heterocycles. The number of likely N-dealkylation sites (N-methyl/N-ethyl adjacent to an activating group) is 1. The Morgan fingerprint density at radius 1 is 1.27 bits per heavy atom. The molecule has 0 aliphatic rings. The fraction of sp³-hybridized carbons (Fsp3) is 0.385. The van der Waals surface area contributed by atoms with Gasteiger partial charge in [0.15, 0.2) is 0 Å². The third-order valence-corrected chi connectivity index (χ3v) is 2.42. The van der Waals surface area contributed by atoms with E-state index in [-0.39, 0.29) is 5.82 Å². The summed E-state index contributed by atoms with van der Waals surface area (Å²) in [5.41, 5.74) is 0.919. The van der Waals surface area contributed by atoms with Gasteiger partial charge in [0.25, 0.3) is 0 Å². The molecule has 0 radical (unpaired) electrons. The molecule has 1 rings (SSSR count). The van der Waals surface area contributed by atoms with Crippen LogP contribution in [-0.2, 0) is 0 Å². The van der Waals surface area contributed by atoms with E-state index in [1.165, 1.54) is 6.07 Å². The quantitative estimate of drug-likeness (QED) is 0.716. The van der Waals surface area contributed by atoms with Crippen LogP contribution < -0.4 is 0 Å². The summed E-state index contributed by atoms with van der Waals surface area (Å²) < 4.78 is 12.8. The Hall–Kier alpha value is -1.15. The van der Waals surface area contributed by atoms with E-state index < -0.39 is 0 Å². The molecule has 15 heavy (non-hydrogen) atoms. The summed E-state index contributed by atoms with van der Waals surface area (Å²) in [4.78, 5) is 2.30. The fourth-order valence-corrected chi connectivity index (χ4v) is 1.43. The van der Waals surface area contributed by atoms with Crippen LogP contribution in [0.3, 0.4) is 0 Å². The van der Waals surface area contributed by atoms with Gasteiger partial charge in [0.05, 0.1) is 0 Å². The van der Waals surface area contributed by atoms with Crippen molar-refractivity contribution < 1.29 is 4.39 Å². The molecule has 0 N–H and O–H groups in total. The third kappa shape index (κ3) is 4.26. The maximum atomic E-state index is 12.8. The van der Waals surface area contributed by atoms with Gasteiger partial charge in [-0.15, -0.1) is 0 Å². The van der Waals surface area contributed by atoms with Gasteiger partial charge in [-0.3, -0.25) is 0 Å². The summed E-state index contributed by atoms with van der Waals surface area (Å²) in [6.07, 6.45) is 4.03. The van der Waals surface area contributed by atoms with Crippen LogP contribution >= 0.6 is 0 Å². The minimum Gasteiger partial charge on any atom is -0.300 e. The molecule has 0 spiro atoms. The fourth-order valence-electron chi connectivity index (χ4n) is 1.43. The van der Waals surface area contributed by atoms with Crippen molar-refractivity contribution in [1.29, 1.82) is 0 Å². The molecule has 0 unspecified atom stereocenters. The Kier molecular flexibility index (Phi) is 5.05. The zero-order valence-electron chi connectivity index (χ0n) is 9.41. The zero-order chi connectivity index (χ0) is 11.1. The number of halogens is 1. The van der Waals surface area contributed by atoms with Crippen molar-refractivity contribution in [3.63, 3.8) is 0 Å². The van der Waals surface area contributed by atoms with E-state index in [2.05, 4.69) is 24.8 Å². The van der Waals surface area contributed by atoms with E-state index in [1.807, 2.05) is 12.1 Å². The Morgan fingerprint density at radius 3 is 2.60 bits per heavy atom. The Balaban J connectivity index is 2.50. The standard InChI is InChI=1S/C13H18FN/c1-3-15(4-2)10-6-8-12-7-5-9-13(14)11-12/h5-9,11H,3-4,10H2,1-2H3/b8-6+. The van der Waals surface area contributed by atoms with Gasteiger partial charge in [-0.25, -0.2) is 4.39 Å². The van der Waals surface area contributed by atoms with Gasteiger partial charge in [0.2, 0.25) is 0 Å². The molecule has 0 fully saturated rings. The van der Waals surface area contributed by atoms with Crippen LogP contribution in [0.15, 0.2) is 30.3 Å². The average Bonchev–Trinajstić information content (AvgIpc) is 2.25. The van der Waals surface area contributed by atoms with Gasteiger partial charge < -0.3 is 4.90 Å². The summed E-state index contributed by atoms with van der Waals surface area (Å²) >= 11 is 0.